The molecule has 0 amide bonds. The minimum absolute atomic E-state index is 0.510. The smallest absolute Gasteiger partial charge is 0.140 e. The monoisotopic (exact) mass is 340 g/mol. The highest BCUT2D eigenvalue weighted by molar-refractivity contribution is 7.16. The number of thiophene rings is 1. The Morgan fingerprint density at radius 2 is 2.25 bits per heavy atom. The number of pyridine rings is 1. The van der Waals surface area contributed by atoms with E-state index in [2.05, 4.69) is 31.3 Å². The fraction of sp³-hybridized carbons (Fsp3) is 0.389. The summed E-state index contributed by atoms with van der Waals surface area (Å²) < 4.78 is 5.99. The summed E-state index contributed by atoms with van der Waals surface area (Å²) in [5.41, 5.74) is 0.985. The first-order valence-electron chi connectivity index (χ1n) is 8.28. The second-order valence-corrected chi connectivity index (χ2v) is 7.13. The molecule has 0 N–H and O–H groups in total. The molecule has 1 saturated heterocycles. The summed E-state index contributed by atoms with van der Waals surface area (Å²) in [5, 5.41) is 3.24. The highest BCUT2D eigenvalue weighted by atomic mass is 32.1. The zero-order chi connectivity index (χ0) is 16.4. The van der Waals surface area contributed by atoms with E-state index < -0.39 is 0 Å². The molecule has 0 saturated carbocycles. The van der Waals surface area contributed by atoms with E-state index in [-0.39, 0.29) is 0 Å². The van der Waals surface area contributed by atoms with Crippen LogP contribution in [0, 0.1) is 12.8 Å². The first-order valence-corrected chi connectivity index (χ1v) is 9.16. The molecule has 1 fully saturated rings. The molecule has 6 heteroatoms. The van der Waals surface area contributed by atoms with Crippen LogP contribution in [0.15, 0.2) is 36.1 Å². The molecular formula is C18H20N4OS. The topological polar surface area (TPSA) is 51.1 Å². The van der Waals surface area contributed by atoms with Gasteiger partial charge in [0.25, 0.3) is 0 Å². The van der Waals surface area contributed by atoms with Crippen LogP contribution in [0.5, 0.6) is 5.75 Å². The van der Waals surface area contributed by atoms with Gasteiger partial charge in [0, 0.05) is 37.0 Å². The number of hydrogen-bond donors (Lipinski definition) is 0. The average molecular weight is 340 g/mol. The zero-order valence-electron chi connectivity index (χ0n) is 13.7. The number of ether oxygens (including phenoxy) is 1. The largest absolute Gasteiger partial charge is 0.493 e. The van der Waals surface area contributed by atoms with Crippen molar-refractivity contribution in [2.24, 2.45) is 5.92 Å². The van der Waals surface area contributed by atoms with Crippen molar-refractivity contribution in [3.8, 4) is 5.75 Å². The predicted octanol–water partition coefficient (Wildman–Crippen LogP) is 3.69. The van der Waals surface area contributed by atoms with Gasteiger partial charge in [-0.05, 0) is 37.3 Å². The normalized spacial score (nSPS) is 18.0. The number of rotatable bonds is 4. The third kappa shape index (κ3) is 3.19. The fourth-order valence-corrected chi connectivity index (χ4v) is 3.97. The average Bonchev–Trinajstić information content (AvgIpc) is 3.09. The van der Waals surface area contributed by atoms with Gasteiger partial charge in [0.05, 0.1) is 12.0 Å². The van der Waals surface area contributed by atoms with Crippen LogP contribution in [0.25, 0.3) is 10.2 Å². The third-order valence-corrected chi connectivity index (χ3v) is 5.23. The summed E-state index contributed by atoms with van der Waals surface area (Å²) in [6, 6.07) is 6.03. The summed E-state index contributed by atoms with van der Waals surface area (Å²) in [5.74, 6) is 2.48. The lowest BCUT2D eigenvalue weighted by molar-refractivity contribution is 0.228. The van der Waals surface area contributed by atoms with E-state index in [1.165, 1.54) is 12.8 Å². The van der Waals surface area contributed by atoms with Gasteiger partial charge < -0.3 is 9.64 Å². The van der Waals surface area contributed by atoms with Crippen LogP contribution < -0.4 is 9.64 Å². The molecule has 0 radical (unpaired) electrons. The summed E-state index contributed by atoms with van der Waals surface area (Å²) in [6.45, 7) is 4.74. The van der Waals surface area contributed by atoms with Crippen molar-refractivity contribution < 1.29 is 4.74 Å². The molecule has 4 heterocycles. The van der Waals surface area contributed by atoms with E-state index in [4.69, 9.17) is 4.74 Å². The first kappa shape index (κ1) is 15.3. The van der Waals surface area contributed by atoms with Crippen LogP contribution in [-0.4, -0.2) is 34.6 Å². The van der Waals surface area contributed by atoms with Gasteiger partial charge in [-0.15, -0.1) is 11.3 Å². The van der Waals surface area contributed by atoms with Crippen molar-refractivity contribution in [2.45, 2.75) is 19.8 Å². The van der Waals surface area contributed by atoms with Gasteiger partial charge in [-0.1, -0.05) is 0 Å². The summed E-state index contributed by atoms with van der Waals surface area (Å²) in [6.07, 6.45) is 5.83. The predicted molar refractivity (Wildman–Crippen MR) is 96.8 cm³/mol. The molecule has 0 aromatic carbocycles. The molecule has 1 aliphatic rings. The molecule has 1 unspecified atom stereocenters. The van der Waals surface area contributed by atoms with E-state index in [9.17, 15) is 0 Å². The van der Waals surface area contributed by atoms with Crippen molar-refractivity contribution in [1.29, 1.82) is 0 Å². The van der Waals surface area contributed by atoms with Crippen molar-refractivity contribution in [2.75, 3.05) is 24.6 Å². The highest BCUT2D eigenvalue weighted by Gasteiger charge is 2.23. The molecule has 24 heavy (non-hydrogen) atoms. The molecule has 0 bridgehead atoms. The Kier molecular flexibility index (Phi) is 4.30. The lowest BCUT2D eigenvalue weighted by atomic mass is 9.99. The van der Waals surface area contributed by atoms with Crippen LogP contribution in [0.1, 0.15) is 18.5 Å². The number of aryl methyl sites for hydroxylation is 1. The lowest BCUT2D eigenvalue weighted by Gasteiger charge is -2.33. The second-order valence-electron chi connectivity index (χ2n) is 6.23. The van der Waals surface area contributed by atoms with Gasteiger partial charge in [-0.25, -0.2) is 9.97 Å². The van der Waals surface area contributed by atoms with E-state index in [1.807, 2.05) is 19.1 Å². The maximum Gasteiger partial charge on any atom is 0.140 e. The SMILES string of the molecule is Cc1cc(OCC2CCCN(c3ncnc4sccc34)C2)ccn1. The second kappa shape index (κ2) is 6.73. The number of fused-ring (bicyclic) bond motifs is 1. The van der Waals surface area contributed by atoms with E-state index in [0.29, 0.717) is 5.92 Å². The van der Waals surface area contributed by atoms with Crippen LogP contribution in [-0.2, 0) is 0 Å². The lowest BCUT2D eigenvalue weighted by Crippen LogP contribution is -2.38. The zero-order valence-corrected chi connectivity index (χ0v) is 14.5. The van der Waals surface area contributed by atoms with Crippen molar-refractivity contribution in [3.05, 3.63) is 41.8 Å². The maximum absolute atomic E-state index is 5.99. The minimum Gasteiger partial charge on any atom is -0.493 e. The Hall–Kier alpha value is -2.21. The Morgan fingerprint density at radius 1 is 1.29 bits per heavy atom. The molecule has 3 aromatic heterocycles. The number of anilines is 1. The molecule has 124 valence electrons. The van der Waals surface area contributed by atoms with E-state index in [0.717, 1.165) is 47.2 Å². The minimum atomic E-state index is 0.510. The quantitative estimate of drug-likeness (QED) is 0.725. The molecular weight excluding hydrogens is 320 g/mol. The van der Waals surface area contributed by atoms with Crippen LogP contribution >= 0.6 is 11.3 Å². The molecule has 0 spiro atoms. The fourth-order valence-electron chi connectivity index (χ4n) is 3.25. The summed E-state index contributed by atoms with van der Waals surface area (Å²) in [7, 11) is 0. The van der Waals surface area contributed by atoms with Crippen molar-refractivity contribution in [3.63, 3.8) is 0 Å². The van der Waals surface area contributed by atoms with Gasteiger partial charge in [0.1, 0.15) is 22.7 Å². The molecule has 4 rings (SSSR count). The number of nitrogens with zero attached hydrogens (tertiary/aromatic N) is 4. The number of piperidine rings is 1. The Labute approximate surface area is 145 Å². The van der Waals surface area contributed by atoms with Gasteiger partial charge >= 0.3 is 0 Å². The van der Waals surface area contributed by atoms with Crippen molar-refractivity contribution in [1.82, 2.24) is 15.0 Å². The summed E-state index contributed by atoms with van der Waals surface area (Å²) in [4.78, 5) is 16.5. The molecule has 1 aliphatic heterocycles. The van der Waals surface area contributed by atoms with Gasteiger partial charge in [-0.2, -0.15) is 0 Å². The Morgan fingerprint density at radius 3 is 3.17 bits per heavy atom. The standard InChI is InChI=1S/C18H20N4OS/c1-13-9-15(4-6-19-13)23-11-14-3-2-7-22(10-14)17-16-5-8-24-18(16)21-12-20-17/h4-6,8-9,12,14H,2-3,7,10-11H2,1H3. The van der Waals surface area contributed by atoms with Gasteiger partial charge in [-0.3, -0.25) is 4.98 Å². The Balaban J connectivity index is 1.45. The van der Waals surface area contributed by atoms with Crippen molar-refractivity contribution >= 4 is 27.4 Å². The van der Waals surface area contributed by atoms with Gasteiger partial charge in [0.2, 0.25) is 0 Å². The molecule has 3 aromatic rings. The van der Waals surface area contributed by atoms with Crippen LogP contribution in [0.2, 0.25) is 0 Å². The third-order valence-electron chi connectivity index (χ3n) is 4.41. The highest BCUT2D eigenvalue weighted by Crippen LogP contribution is 2.30. The van der Waals surface area contributed by atoms with Gasteiger partial charge in [0.15, 0.2) is 0 Å². The molecule has 1 atom stereocenters. The Bertz CT molecular complexity index is 835. The number of hydrogen-bond acceptors (Lipinski definition) is 6. The first-order chi connectivity index (χ1) is 11.8. The molecule has 5 nitrogen and oxygen atoms in total. The van der Waals surface area contributed by atoms with E-state index >= 15 is 0 Å². The van der Waals surface area contributed by atoms with Crippen LogP contribution in [0.4, 0.5) is 5.82 Å². The van der Waals surface area contributed by atoms with E-state index in [1.54, 1.807) is 23.9 Å². The summed E-state index contributed by atoms with van der Waals surface area (Å²) >= 11 is 1.67. The maximum atomic E-state index is 5.99. The molecule has 0 aliphatic carbocycles. The van der Waals surface area contributed by atoms with Crippen LogP contribution in [0.3, 0.4) is 0 Å². The number of aromatic nitrogens is 3.